The largest absolute Gasteiger partial charge is 0.399 e. The van der Waals surface area contributed by atoms with Crippen LogP contribution in [0.4, 0.5) is 5.69 Å². The summed E-state index contributed by atoms with van der Waals surface area (Å²) in [6, 6.07) is 19.1. The molecule has 0 radical (unpaired) electrons. The van der Waals surface area contributed by atoms with Gasteiger partial charge in [0.2, 0.25) is 0 Å². The van der Waals surface area contributed by atoms with Gasteiger partial charge in [0.25, 0.3) is 0 Å². The highest BCUT2D eigenvalue weighted by Gasteiger charge is 2.12. The average molecular weight is 257 g/mol. The fourth-order valence-electron chi connectivity index (χ4n) is 3.05. The van der Waals surface area contributed by atoms with E-state index in [4.69, 9.17) is 5.73 Å². The summed E-state index contributed by atoms with van der Waals surface area (Å²) in [5, 5.41) is 2.71. The van der Waals surface area contributed by atoms with Crippen molar-refractivity contribution in [2.24, 2.45) is 0 Å². The Morgan fingerprint density at radius 1 is 0.850 bits per heavy atom. The van der Waals surface area contributed by atoms with E-state index in [1.165, 1.54) is 33.0 Å². The molecule has 4 rings (SSSR count). The fourth-order valence-corrected chi connectivity index (χ4v) is 3.05. The van der Waals surface area contributed by atoms with E-state index in [1.807, 2.05) is 12.1 Å². The lowest BCUT2D eigenvalue weighted by molar-refractivity contribution is 1.29. The Labute approximate surface area is 118 Å². The van der Waals surface area contributed by atoms with Crippen molar-refractivity contribution >= 4 is 22.5 Å². The van der Waals surface area contributed by atoms with Gasteiger partial charge in [-0.1, -0.05) is 54.6 Å². The van der Waals surface area contributed by atoms with Crippen molar-refractivity contribution in [3.8, 4) is 11.1 Å². The molecule has 20 heavy (non-hydrogen) atoms. The van der Waals surface area contributed by atoms with E-state index in [0.29, 0.717) is 0 Å². The van der Waals surface area contributed by atoms with Crippen LogP contribution < -0.4 is 5.73 Å². The van der Waals surface area contributed by atoms with Crippen LogP contribution in [0.15, 0.2) is 60.7 Å². The van der Waals surface area contributed by atoms with Crippen molar-refractivity contribution in [1.29, 1.82) is 0 Å². The molecule has 0 heterocycles. The van der Waals surface area contributed by atoms with Crippen LogP contribution in [0.5, 0.6) is 0 Å². The summed E-state index contributed by atoms with van der Waals surface area (Å²) in [5.74, 6) is 0. The Hall–Kier alpha value is -2.54. The molecule has 0 spiro atoms. The summed E-state index contributed by atoms with van der Waals surface area (Å²) >= 11 is 0. The van der Waals surface area contributed by atoms with Crippen LogP contribution in [0.25, 0.3) is 28.0 Å². The maximum absolute atomic E-state index is 5.79. The molecule has 2 N–H and O–H groups in total. The lowest BCUT2D eigenvalue weighted by Gasteiger charge is -2.16. The number of nitrogen functional groups attached to an aromatic ring is 1. The molecule has 1 aliphatic carbocycles. The molecule has 0 atom stereocenters. The van der Waals surface area contributed by atoms with E-state index in [9.17, 15) is 0 Å². The molecule has 1 nitrogen and oxygen atoms in total. The fraction of sp³-hybridized carbons (Fsp3) is 0.0526. The SMILES string of the molecule is Nc1ccc(-c2ccc3cccc4c3c2C=CC4)cc1. The second kappa shape index (κ2) is 4.24. The van der Waals surface area contributed by atoms with Gasteiger partial charge < -0.3 is 5.73 Å². The van der Waals surface area contributed by atoms with Crippen LogP contribution in [0, 0.1) is 0 Å². The van der Waals surface area contributed by atoms with Crippen LogP contribution in [-0.4, -0.2) is 0 Å². The summed E-state index contributed by atoms with van der Waals surface area (Å²) in [4.78, 5) is 0. The Morgan fingerprint density at radius 3 is 2.55 bits per heavy atom. The van der Waals surface area contributed by atoms with Crippen molar-refractivity contribution in [3.63, 3.8) is 0 Å². The molecule has 0 unspecified atom stereocenters. The minimum Gasteiger partial charge on any atom is -0.399 e. The number of hydrogen-bond donors (Lipinski definition) is 1. The minimum atomic E-state index is 0.805. The Balaban J connectivity index is 2.04. The quantitative estimate of drug-likeness (QED) is 0.630. The normalized spacial score (nSPS) is 12.8. The van der Waals surface area contributed by atoms with Gasteiger partial charge in [-0.25, -0.2) is 0 Å². The number of benzene rings is 3. The predicted molar refractivity (Wildman–Crippen MR) is 86.5 cm³/mol. The molecule has 0 amide bonds. The molecule has 96 valence electrons. The zero-order chi connectivity index (χ0) is 13.5. The van der Waals surface area contributed by atoms with Crippen LogP contribution in [0.3, 0.4) is 0 Å². The molecule has 1 aliphatic rings. The van der Waals surface area contributed by atoms with Crippen LogP contribution in [0.2, 0.25) is 0 Å². The van der Waals surface area contributed by atoms with Gasteiger partial charge in [-0.3, -0.25) is 0 Å². The van der Waals surface area contributed by atoms with Gasteiger partial charge in [0.15, 0.2) is 0 Å². The van der Waals surface area contributed by atoms with Crippen LogP contribution in [0.1, 0.15) is 11.1 Å². The maximum atomic E-state index is 5.79. The number of allylic oxidation sites excluding steroid dienone is 1. The van der Waals surface area contributed by atoms with Gasteiger partial charge in [0.05, 0.1) is 0 Å². The Bertz CT molecular complexity index is 826. The average Bonchev–Trinajstić information content (AvgIpc) is 2.49. The second-order valence-corrected chi connectivity index (χ2v) is 5.27. The third-order valence-electron chi connectivity index (χ3n) is 4.02. The van der Waals surface area contributed by atoms with Crippen molar-refractivity contribution in [3.05, 3.63) is 71.8 Å². The third kappa shape index (κ3) is 1.64. The standard InChI is InChI=1S/C19H15N/c20-16-10-7-13(8-11-16)17-12-9-15-4-1-3-14-5-2-6-18(17)19(14)15/h1-4,6-12H,5,20H2. The smallest absolute Gasteiger partial charge is 0.0314 e. The first kappa shape index (κ1) is 11.3. The summed E-state index contributed by atoms with van der Waals surface area (Å²) in [5.41, 5.74) is 11.8. The molecule has 0 bridgehead atoms. The maximum Gasteiger partial charge on any atom is 0.0314 e. The summed E-state index contributed by atoms with van der Waals surface area (Å²) in [6.07, 6.45) is 5.52. The molecule has 0 fully saturated rings. The number of hydrogen-bond acceptors (Lipinski definition) is 1. The van der Waals surface area contributed by atoms with Gasteiger partial charge in [0.1, 0.15) is 0 Å². The van der Waals surface area contributed by atoms with E-state index < -0.39 is 0 Å². The van der Waals surface area contributed by atoms with Crippen molar-refractivity contribution in [2.45, 2.75) is 6.42 Å². The molecule has 3 aromatic rings. The predicted octanol–water partition coefficient (Wildman–Crippen LogP) is 4.66. The monoisotopic (exact) mass is 257 g/mol. The topological polar surface area (TPSA) is 26.0 Å². The first-order chi connectivity index (χ1) is 9.83. The van der Waals surface area contributed by atoms with Gasteiger partial charge in [0, 0.05) is 5.69 Å². The van der Waals surface area contributed by atoms with Gasteiger partial charge in [-0.2, -0.15) is 0 Å². The molecular formula is C19H15N. The van der Waals surface area contributed by atoms with Crippen molar-refractivity contribution in [1.82, 2.24) is 0 Å². The zero-order valence-electron chi connectivity index (χ0n) is 11.1. The van der Waals surface area contributed by atoms with E-state index in [2.05, 4.69) is 54.6 Å². The van der Waals surface area contributed by atoms with E-state index in [-0.39, 0.29) is 0 Å². The Kier molecular flexibility index (Phi) is 2.40. The molecule has 3 aromatic carbocycles. The van der Waals surface area contributed by atoms with Crippen LogP contribution in [-0.2, 0) is 6.42 Å². The highest BCUT2D eigenvalue weighted by molar-refractivity contribution is 6.00. The molecule has 0 aromatic heterocycles. The van der Waals surface area contributed by atoms with Gasteiger partial charge in [-0.05, 0) is 51.6 Å². The lowest BCUT2D eigenvalue weighted by atomic mass is 9.87. The molecule has 0 aliphatic heterocycles. The zero-order valence-corrected chi connectivity index (χ0v) is 11.1. The highest BCUT2D eigenvalue weighted by atomic mass is 14.5. The van der Waals surface area contributed by atoms with E-state index in [1.54, 1.807) is 0 Å². The van der Waals surface area contributed by atoms with E-state index in [0.717, 1.165) is 12.1 Å². The number of nitrogens with two attached hydrogens (primary N) is 1. The van der Waals surface area contributed by atoms with Gasteiger partial charge in [-0.15, -0.1) is 0 Å². The minimum absolute atomic E-state index is 0.805. The molecule has 0 saturated heterocycles. The van der Waals surface area contributed by atoms with Crippen LogP contribution >= 0.6 is 0 Å². The molecule has 1 heteroatoms. The van der Waals surface area contributed by atoms with Crippen molar-refractivity contribution in [2.75, 3.05) is 5.73 Å². The highest BCUT2D eigenvalue weighted by Crippen LogP contribution is 2.36. The lowest BCUT2D eigenvalue weighted by Crippen LogP contribution is -1.95. The van der Waals surface area contributed by atoms with Crippen molar-refractivity contribution < 1.29 is 0 Å². The van der Waals surface area contributed by atoms with Gasteiger partial charge >= 0.3 is 0 Å². The van der Waals surface area contributed by atoms with E-state index >= 15 is 0 Å². The third-order valence-corrected chi connectivity index (χ3v) is 4.02. The summed E-state index contributed by atoms with van der Waals surface area (Å²) in [6.45, 7) is 0. The number of rotatable bonds is 1. The molecule has 0 saturated carbocycles. The second-order valence-electron chi connectivity index (χ2n) is 5.27. The first-order valence-electron chi connectivity index (χ1n) is 6.90. The Morgan fingerprint density at radius 2 is 1.70 bits per heavy atom. The first-order valence-corrected chi connectivity index (χ1v) is 6.90. The number of anilines is 1. The summed E-state index contributed by atoms with van der Waals surface area (Å²) in [7, 11) is 0. The molecular weight excluding hydrogens is 242 g/mol. The summed E-state index contributed by atoms with van der Waals surface area (Å²) < 4.78 is 0.